The number of hydrogen-bond donors (Lipinski definition) is 2. The maximum absolute atomic E-state index is 12.3. The van der Waals surface area contributed by atoms with Gasteiger partial charge in [-0.15, -0.1) is 11.3 Å². The molecule has 4 nitrogen and oxygen atoms in total. The molecule has 110 valence electrons. The van der Waals surface area contributed by atoms with Crippen LogP contribution in [-0.2, 0) is 9.59 Å². The zero-order valence-corrected chi connectivity index (χ0v) is 13.2. The first-order valence-corrected chi connectivity index (χ1v) is 7.78. The van der Waals surface area contributed by atoms with Gasteiger partial charge in [0.25, 0.3) is 0 Å². The third kappa shape index (κ3) is 3.20. The van der Waals surface area contributed by atoms with Crippen LogP contribution in [0.15, 0.2) is 17.5 Å². The van der Waals surface area contributed by atoms with Crippen molar-refractivity contribution in [1.29, 1.82) is 0 Å². The molecule has 1 fully saturated rings. The van der Waals surface area contributed by atoms with Gasteiger partial charge in [0.15, 0.2) is 0 Å². The standard InChI is InChI=1S/C15H22N2O2S/c1-15(2,3)12(14(19)16-4)17-13(18)10-8-9(10)11-6-5-7-20-11/h5-7,9-10,12H,8H2,1-4H3,(H,16,19)(H,17,18)/t9?,10-,12?/m0/s1. The van der Waals surface area contributed by atoms with Crippen LogP contribution in [0.4, 0.5) is 0 Å². The first-order chi connectivity index (χ1) is 9.34. The number of rotatable bonds is 4. The van der Waals surface area contributed by atoms with Crippen LogP contribution in [0.2, 0.25) is 0 Å². The molecule has 20 heavy (non-hydrogen) atoms. The van der Waals surface area contributed by atoms with Crippen LogP contribution in [0.5, 0.6) is 0 Å². The topological polar surface area (TPSA) is 58.2 Å². The lowest BCUT2D eigenvalue weighted by molar-refractivity contribution is -0.131. The van der Waals surface area contributed by atoms with E-state index in [1.165, 1.54) is 4.88 Å². The van der Waals surface area contributed by atoms with Gasteiger partial charge in [-0.1, -0.05) is 26.8 Å². The number of likely N-dealkylation sites (N-methyl/N-ethyl adjacent to an activating group) is 1. The molecule has 3 atom stereocenters. The Labute approximate surface area is 124 Å². The summed E-state index contributed by atoms with van der Waals surface area (Å²) in [5.41, 5.74) is -0.303. The molecule has 2 rings (SSSR count). The fourth-order valence-electron chi connectivity index (χ4n) is 2.37. The van der Waals surface area contributed by atoms with Gasteiger partial charge in [-0.05, 0) is 23.3 Å². The molecule has 1 saturated carbocycles. The van der Waals surface area contributed by atoms with Gasteiger partial charge in [-0.3, -0.25) is 9.59 Å². The Morgan fingerprint density at radius 2 is 2.10 bits per heavy atom. The molecule has 0 aliphatic heterocycles. The number of thiophene rings is 1. The molecule has 1 heterocycles. The normalized spacial score (nSPS) is 23.0. The second-order valence-electron chi connectivity index (χ2n) is 6.39. The molecule has 0 saturated heterocycles. The molecule has 1 aliphatic carbocycles. The second kappa shape index (κ2) is 5.56. The van der Waals surface area contributed by atoms with E-state index < -0.39 is 6.04 Å². The average Bonchev–Trinajstić information content (AvgIpc) is 3.00. The molecule has 0 bridgehead atoms. The third-order valence-corrected chi connectivity index (χ3v) is 4.70. The smallest absolute Gasteiger partial charge is 0.242 e. The number of amides is 2. The molecule has 0 aromatic carbocycles. The van der Waals surface area contributed by atoms with Crippen LogP contribution in [0, 0.1) is 11.3 Å². The lowest BCUT2D eigenvalue weighted by atomic mass is 9.86. The maximum Gasteiger partial charge on any atom is 0.242 e. The maximum atomic E-state index is 12.3. The summed E-state index contributed by atoms with van der Waals surface area (Å²) in [5, 5.41) is 7.57. The van der Waals surface area contributed by atoms with E-state index in [1.807, 2.05) is 32.2 Å². The Morgan fingerprint density at radius 1 is 1.40 bits per heavy atom. The summed E-state index contributed by atoms with van der Waals surface area (Å²) in [6.45, 7) is 5.87. The summed E-state index contributed by atoms with van der Waals surface area (Å²) < 4.78 is 0. The Balaban J connectivity index is 1.98. The molecule has 0 radical (unpaired) electrons. The van der Waals surface area contributed by atoms with E-state index in [4.69, 9.17) is 0 Å². The van der Waals surface area contributed by atoms with Gasteiger partial charge in [0.1, 0.15) is 6.04 Å². The molecule has 5 heteroatoms. The van der Waals surface area contributed by atoms with Gasteiger partial charge in [-0.2, -0.15) is 0 Å². The predicted octanol–water partition coefficient (Wildman–Crippen LogP) is 2.13. The predicted molar refractivity (Wildman–Crippen MR) is 80.6 cm³/mol. The van der Waals surface area contributed by atoms with Crippen molar-refractivity contribution in [2.45, 2.75) is 39.2 Å². The number of hydrogen-bond acceptors (Lipinski definition) is 3. The van der Waals surface area contributed by atoms with Crippen molar-refractivity contribution in [3.05, 3.63) is 22.4 Å². The molecule has 2 unspecified atom stereocenters. The Bertz CT molecular complexity index is 490. The molecule has 1 aromatic rings. The van der Waals surface area contributed by atoms with Crippen molar-refractivity contribution in [3.8, 4) is 0 Å². The average molecular weight is 294 g/mol. The molecule has 1 aromatic heterocycles. The highest BCUT2D eigenvalue weighted by molar-refractivity contribution is 7.10. The van der Waals surface area contributed by atoms with E-state index in [-0.39, 0.29) is 23.1 Å². The third-order valence-electron chi connectivity index (χ3n) is 3.70. The molecule has 2 amide bonds. The van der Waals surface area contributed by atoms with E-state index in [0.717, 1.165) is 6.42 Å². The van der Waals surface area contributed by atoms with Crippen LogP contribution >= 0.6 is 11.3 Å². The monoisotopic (exact) mass is 294 g/mol. The largest absolute Gasteiger partial charge is 0.357 e. The van der Waals surface area contributed by atoms with E-state index in [0.29, 0.717) is 5.92 Å². The zero-order valence-electron chi connectivity index (χ0n) is 12.4. The van der Waals surface area contributed by atoms with Crippen molar-refractivity contribution < 1.29 is 9.59 Å². The first-order valence-electron chi connectivity index (χ1n) is 6.90. The van der Waals surface area contributed by atoms with Crippen molar-refractivity contribution in [2.24, 2.45) is 11.3 Å². The summed E-state index contributed by atoms with van der Waals surface area (Å²) in [6, 6.07) is 3.59. The van der Waals surface area contributed by atoms with Gasteiger partial charge in [0, 0.05) is 23.8 Å². The van der Waals surface area contributed by atoms with Crippen LogP contribution in [0.25, 0.3) is 0 Å². The highest BCUT2D eigenvalue weighted by Gasteiger charge is 2.46. The molecule has 2 N–H and O–H groups in total. The number of carbonyl (C=O) groups is 2. The number of carbonyl (C=O) groups excluding carboxylic acids is 2. The molecule has 1 aliphatic rings. The first kappa shape index (κ1) is 15.0. The summed E-state index contributed by atoms with van der Waals surface area (Å²) in [5.74, 6) is 0.203. The van der Waals surface area contributed by atoms with Crippen LogP contribution in [0.3, 0.4) is 0 Å². The van der Waals surface area contributed by atoms with Crippen molar-refractivity contribution in [3.63, 3.8) is 0 Å². The highest BCUT2D eigenvalue weighted by Crippen LogP contribution is 2.49. The second-order valence-corrected chi connectivity index (χ2v) is 7.37. The minimum absolute atomic E-state index is 0.00748. The van der Waals surface area contributed by atoms with E-state index in [2.05, 4.69) is 16.7 Å². The van der Waals surface area contributed by atoms with E-state index >= 15 is 0 Å². The van der Waals surface area contributed by atoms with Crippen LogP contribution < -0.4 is 10.6 Å². The van der Waals surface area contributed by atoms with Crippen molar-refractivity contribution >= 4 is 23.2 Å². The summed E-state index contributed by atoms with van der Waals surface area (Å²) in [7, 11) is 1.60. The minimum atomic E-state index is -0.496. The van der Waals surface area contributed by atoms with Crippen LogP contribution in [-0.4, -0.2) is 24.9 Å². The summed E-state index contributed by atoms with van der Waals surface area (Å²) in [6.07, 6.45) is 0.886. The Morgan fingerprint density at radius 3 is 2.60 bits per heavy atom. The SMILES string of the molecule is CNC(=O)C(NC(=O)[C@H]1CC1c1cccs1)C(C)(C)C. The summed E-state index contributed by atoms with van der Waals surface area (Å²) >= 11 is 1.69. The molecule has 0 spiro atoms. The quantitative estimate of drug-likeness (QED) is 0.894. The van der Waals surface area contributed by atoms with Gasteiger partial charge < -0.3 is 10.6 Å². The zero-order chi connectivity index (χ0) is 14.9. The van der Waals surface area contributed by atoms with E-state index in [1.54, 1.807) is 18.4 Å². The van der Waals surface area contributed by atoms with Crippen LogP contribution in [0.1, 0.15) is 38.0 Å². The van der Waals surface area contributed by atoms with Crippen molar-refractivity contribution in [2.75, 3.05) is 7.05 Å². The fourth-order valence-corrected chi connectivity index (χ4v) is 3.28. The highest BCUT2D eigenvalue weighted by atomic mass is 32.1. The minimum Gasteiger partial charge on any atom is -0.357 e. The Kier molecular flexibility index (Phi) is 4.18. The lowest BCUT2D eigenvalue weighted by Gasteiger charge is -2.30. The summed E-state index contributed by atoms with van der Waals surface area (Å²) in [4.78, 5) is 25.5. The number of nitrogens with one attached hydrogen (secondary N) is 2. The fraction of sp³-hybridized carbons (Fsp3) is 0.600. The van der Waals surface area contributed by atoms with Crippen molar-refractivity contribution in [1.82, 2.24) is 10.6 Å². The molecular formula is C15H22N2O2S. The Hall–Kier alpha value is -1.36. The van der Waals surface area contributed by atoms with Gasteiger partial charge in [-0.25, -0.2) is 0 Å². The van der Waals surface area contributed by atoms with Gasteiger partial charge in [0.05, 0.1) is 0 Å². The van der Waals surface area contributed by atoms with E-state index in [9.17, 15) is 9.59 Å². The van der Waals surface area contributed by atoms with Gasteiger partial charge in [0.2, 0.25) is 11.8 Å². The lowest BCUT2D eigenvalue weighted by Crippen LogP contribution is -2.53. The van der Waals surface area contributed by atoms with Gasteiger partial charge >= 0.3 is 0 Å². The molecular weight excluding hydrogens is 272 g/mol.